The first-order valence-electron chi connectivity index (χ1n) is 27.7. The first-order valence-corrected chi connectivity index (χ1v) is 27.7. The summed E-state index contributed by atoms with van der Waals surface area (Å²) in [5.74, 6) is -6.55. The van der Waals surface area contributed by atoms with Crippen molar-refractivity contribution >= 4 is 34.6 Å². The van der Waals surface area contributed by atoms with Crippen LogP contribution in [-0.2, 0) is 71.7 Å². The summed E-state index contributed by atoms with van der Waals surface area (Å²) >= 11 is 0. The average Bonchev–Trinajstić information content (AvgIpc) is 3.38. The number of aryl methyl sites for hydroxylation is 3. The lowest BCUT2D eigenvalue weighted by Gasteiger charge is -2.50. The maximum Gasteiger partial charge on any atom is 0.341 e. The van der Waals surface area contributed by atoms with Gasteiger partial charge in [0, 0.05) is 69.1 Å². The third-order valence-corrected chi connectivity index (χ3v) is 17.2. The Kier molecular flexibility index (Phi) is 20.8. The van der Waals surface area contributed by atoms with Crippen molar-refractivity contribution in [3.63, 3.8) is 0 Å². The predicted molar refractivity (Wildman–Crippen MR) is 284 cm³/mol. The van der Waals surface area contributed by atoms with Gasteiger partial charge in [-0.2, -0.15) is 0 Å². The number of benzene rings is 1. The van der Waals surface area contributed by atoms with Crippen molar-refractivity contribution in [1.29, 1.82) is 0 Å². The SMILES string of the molecule is CC[C@H]1OC(=O)[C@H](C)[C@@H](O[C@H]2C[C@@](C)(OC)[C@@H](OC(=O)CCNCCCc3cc4c5c(c3)c(=O)c(C(=O)O)cn5CCC4)[C@H](C)O2)[C@H](C)[C@@H](O[C@@H]2O[C@H](C)C[C@H](N(C)C)[C@H]2O)[C@](C)(OC)C[C@@H](C)C(=O)[C@@H](C)[C@@H](O)[C@]1(C)O. The van der Waals surface area contributed by atoms with Gasteiger partial charge in [-0.05, 0) is 124 Å². The zero-order valence-corrected chi connectivity index (χ0v) is 47.9. The van der Waals surface area contributed by atoms with Crippen LogP contribution >= 0.6 is 0 Å². The number of nitrogens with zero attached hydrogens (tertiary/aromatic N) is 2. The van der Waals surface area contributed by atoms with Gasteiger partial charge in [0.1, 0.15) is 34.8 Å². The number of likely N-dealkylation sites (N-methyl/N-ethyl adjacent to an activating group) is 1. The molecule has 5 N–H and O–H groups in total. The second kappa shape index (κ2) is 25.7. The molecule has 0 saturated carbocycles. The second-order valence-electron chi connectivity index (χ2n) is 23.3. The number of hydrogen-bond donors (Lipinski definition) is 5. The van der Waals surface area contributed by atoms with E-state index >= 15 is 0 Å². The number of carbonyl (C=O) groups excluding carboxylic acids is 3. The van der Waals surface area contributed by atoms with E-state index in [1.165, 1.54) is 27.3 Å². The van der Waals surface area contributed by atoms with Crippen LogP contribution in [0.3, 0.4) is 0 Å². The summed E-state index contributed by atoms with van der Waals surface area (Å²) in [5.41, 5.74) is -2.45. The molecular weight excluding hydrogens is 999 g/mol. The first kappa shape index (κ1) is 62.3. The molecule has 5 heterocycles. The van der Waals surface area contributed by atoms with Crippen LogP contribution in [0.5, 0.6) is 0 Å². The smallest absolute Gasteiger partial charge is 0.341 e. The number of ether oxygens (including phenoxy) is 8. The van der Waals surface area contributed by atoms with Gasteiger partial charge in [-0.15, -0.1) is 0 Å². The van der Waals surface area contributed by atoms with E-state index < -0.39 is 119 Å². The number of pyridine rings is 1. The normalized spacial score (nSPS) is 37.6. The van der Waals surface area contributed by atoms with E-state index in [0.29, 0.717) is 44.3 Å². The third-order valence-electron chi connectivity index (χ3n) is 17.2. The molecule has 0 spiro atoms. The van der Waals surface area contributed by atoms with Crippen molar-refractivity contribution in [3.05, 3.63) is 45.2 Å². The number of aromatic nitrogens is 1. The molecule has 3 saturated heterocycles. The average molecular weight is 1090 g/mol. The molecule has 18 atom stereocenters. The minimum absolute atomic E-state index is 0.0401. The summed E-state index contributed by atoms with van der Waals surface area (Å²) in [5, 5.41) is 48.7. The Morgan fingerprint density at radius 1 is 0.909 bits per heavy atom. The molecule has 20 heteroatoms. The highest BCUT2D eigenvalue weighted by Gasteiger charge is 2.55. The van der Waals surface area contributed by atoms with Gasteiger partial charge in [-0.1, -0.05) is 33.8 Å². The van der Waals surface area contributed by atoms with E-state index in [0.717, 1.165) is 29.5 Å². The number of ketones is 1. The largest absolute Gasteiger partial charge is 0.477 e. The van der Waals surface area contributed by atoms with E-state index in [2.05, 4.69) is 11.4 Å². The standard InChI is InChI=1S/C57H89N3O17/c1-15-41-57(10,69)49(65)32(4)45(62)30(2)27-55(8,70-13)50(77-54-47(64)40(59(11)12)24-31(3)72-54)33(5)48(34(6)53(68)74-41)76-43-28-56(9,71-14)51(35(7)73-43)75-42(61)20-22-58-21-16-18-36-25-37-19-17-23-60-29-39(52(66)67)46(63)38(26-36)44(37)60/h25-26,29-35,40-41,43,47-51,54,58,64-65,69H,15-24,27-28H2,1-14H3,(H,66,67)/t30-,31-,32-,33+,34-,35+,40+,41-,43+,47-,48+,49-,50-,51+,54+,55-,56-,57-/m1/s1. The Bertz CT molecular complexity index is 2450. The van der Waals surface area contributed by atoms with Gasteiger partial charge in [0.2, 0.25) is 5.43 Å². The van der Waals surface area contributed by atoms with Gasteiger partial charge in [0.15, 0.2) is 18.7 Å². The highest BCUT2D eigenvalue weighted by Crippen LogP contribution is 2.42. The summed E-state index contributed by atoms with van der Waals surface area (Å²) < 4.78 is 53.2. The van der Waals surface area contributed by atoms with Crippen molar-refractivity contribution in [3.8, 4) is 0 Å². The van der Waals surface area contributed by atoms with Crippen LogP contribution in [0.4, 0.5) is 0 Å². The van der Waals surface area contributed by atoms with Crippen LogP contribution in [0.25, 0.3) is 10.9 Å². The molecule has 4 aliphatic rings. The predicted octanol–water partition coefficient (Wildman–Crippen LogP) is 4.56. The minimum atomic E-state index is -2.03. The highest BCUT2D eigenvalue weighted by molar-refractivity contribution is 5.94. The summed E-state index contributed by atoms with van der Waals surface area (Å²) in [7, 11) is 6.73. The summed E-state index contributed by atoms with van der Waals surface area (Å²) in [4.78, 5) is 69.2. The number of carboxylic acid groups (broad SMARTS) is 1. The molecule has 3 fully saturated rings. The van der Waals surface area contributed by atoms with Gasteiger partial charge in [0.05, 0.1) is 54.0 Å². The fraction of sp³-hybridized carbons (Fsp3) is 0.772. The molecule has 434 valence electrons. The molecule has 0 aliphatic carbocycles. The Labute approximate surface area is 453 Å². The number of Topliss-reactive ketones (excluding diaryl/α,β-unsaturated/α-hetero) is 1. The maximum absolute atomic E-state index is 14.6. The number of aliphatic hydroxyl groups excluding tert-OH is 2. The molecule has 2 aromatic rings. The minimum Gasteiger partial charge on any atom is -0.477 e. The molecule has 0 amide bonds. The molecule has 0 unspecified atom stereocenters. The lowest BCUT2D eigenvalue weighted by Crippen LogP contribution is -2.61. The molecular formula is C57H89N3O17. The molecule has 0 radical (unpaired) electrons. The van der Waals surface area contributed by atoms with Crippen molar-refractivity contribution in [2.45, 2.75) is 218 Å². The van der Waals surface area contributed by atoms with Crippen molar-refractivity contribution in [1.82, 2.24) is 14.8 Å². The fourth-order valence-electron chi connectivity index (χ4n) is 12.5. The van der Waals surface area contributed by atoms with Crippen LogP contribution in [0.15, 0.2) is 23.1 Å². The topological polar surface area (TPSA) is 260 Å². The highest BCUT2D eigenvalue weighted by atomic mass is 16.7. The van der Waals surface area contributed by atoms with E-state index in [1.54, 1.807) is 54.5 Å². The van der Waals surface area contributed by atoms with Crippen LogP contribution in [0.2, 0.25) is 0 Å². The van der Waals surface area contributed by atoms with Crippen LogP contribution in [0.1, 0.15) is 136 Å². The summed E-state index contributed by atoms with van der Waals surface area (Å²) in [6, 6.07) is 3.56. The van der Waals surface area contributed by atoms with E-state index in [9.17, 15) is 44.4 Å². The van der Waals surface area contributed by atoms with E-state index in [-0.39, 0.29) is 49.2 Å². The molecule has 4 aliphatic heterocycles. The van der Waals surface area contributed by atoms with Crippen LogP contribution in [0, 0.1) is 23.7 Å². The number of carboxylic acids is 1. The number of aromatic carboxylic acids is 1. The zero-order chi connectivity index (χ0) is 57.1. The number of methoxy groups -OCH3 is 2. The van der Waals surface area contributed by atoms with Gasteiger partial charge >= 0.3 is 17.9 Å². The Hall–Kier alpha value is -3.93. The third kappa shape index (κ3) is 13.6. The van der Waals surface area contributed by atoms with Crippen LogP contribution in [-0.4, -0.2) is 179 Å². The molecule has 20 nitrogen and oxygen atoms in total. The Morgan fingerprint density at radius 3 is 2.22 bits per heavy atom. The second-order valence-corrected chi connectivity index (χ2v) is 23.3. The molecule has 1 aromatic carbocycles. The Morgan fingerprint density at radius 2 is 1.58 bits per heavy atom. The molecule has 0 bridgehead atoms. The molecule has 1 aromatic heterocycles. The molecule has 77 heavy (non-hydrogen) atoms. The van der Waals surface area contributed by atoms with Crippen molar-refractivity contribution in [2.75, 3.05) is 41.4 Å². The number of esters is 2. The quantitative estimate of drug-likeness (QED) is 0.107. The van der Waals surface area contributed by atoms with Gasteiger partial charge < -0.3 is 73.1 Å². The van der Waals surface area contributed by atoms with Crippen LogP contribution < -0.4 is 10.7 Å². The summed E-state index contributed by atoms with van der Waals surface area (Å²) in [6.45, 7) is 18.6. The van der Waals surface area contributed by atoms with Gasteiger partial charge in [0.25, 0.3) is 0 Å². The van der Waals surface area contributed by atoms with E-state index in [1.807, 2.05) is 37.4 Å². The lowest BCUT2D eigenvalue weighted by atomic mass is 9.74. The Balaban J connectivity index is 1.19. The van der Waals surface area contributed by atoms with Crippen molar-refractivity contribution in [2.24, 2.45) is 23.7 Å². The van der Waals surface area contributed by atoms with Gasteiger partial charge in [-0.3, -0.25) is 19.2 Å². The number of carbonyl (C=O) groups is 4. The zero-order valence-electron chi connectivity index (χ0n) is 47.9. The fourth-order valence-corrected chi connectivity index (χ4v) is 12.5. The first-order chi connectivity index (χ1) is 36.1. The maximum atomic E-state index is 14.6. The number of aliphatic hydroxyl groups is 3. The number of nitrogens with one attached hydrogen (secondary N) is 1. The summed E-state index contributed by atoms with van der Waals surface area (Å²) in [6.07, 6.45) is -5.08. The van der Waals surface area contributed by atoms with Gasteiger partial charge in [-0.25, -0.2) is 4.79 Å². The monoisotopic (exact) mass is 1090 g/mol. The lowest BCUT2D eigenvalue weighted by molar-refractivity contribution is -0.320. The number of cyclic esters (lactones) is 1. The molecule has 6 rings (SSSR count). The number of rotatable bonds is 17. The number of hydrogen-bond acceptors (Lipinski definition) is 18. The van der Waals surface area contributed by atoms with Crippen molar-refractivity contribution < 1.29 is 77.5 Å². The van der Waals surface area contributed by atoms with E-state index in [4.69, 9.17) is 37.9 Å².